The summed E-state index contributed by atoms with van der Waals surface area (Å²) in [6, 6.07) is 6.75. The SMILES string of the molecule is CSCC[C@H](NC(=O)N1CCN(C(=O)c2c[nH]c3ccccc23)CC1)C(=O)Nc1nccs1. The molecule has 2 aromatic heterocycles. The number of anilines is 1. The van der Waals surface area contributed by atoms with Crippen LogP contribution in [0.4, 0.5) is 9.93 Å². The van der Waals surface area contributed by atoms with Crippen LogP contribution in [0.2, 0.25) is 0 Å². The smallest absolute Gasteiger partial charge is 0.318 e. The lowest BCUT2D eigenvalue weighted by molar-refractivity contribution is -0.118. The number of carbonyl (C=O) groups excluding carboxylic acids is 3. The summed E-state index contributed by atoms with van der Waals surface area (Å²) in [6.45, 7) is 1.69. The van der Waals surface area contributed by atoms with Gasteiger partial charge in [0.15, 0.2) is 5.13 Å². The van der Waals surface area contributed by atoms with Gasteiger partial charge in [-0.1, -0.05) is 18.2 Å². The number of aromatic nitrogens is 2. The molecule has 0 saturated carbocycles. The fourth-order valence-electron chi connectivity index (χ4n) is 3.75. The third kappa shape index (κ3) is 5.48. The van der Waals surface area contributed by atoms with Crippen LogP contribution in [0.3, 0.4) is 0 Å². The molecule has 1 saturated heterocycles. The minimum Gasteiger partial charge on any atom is -0.360 e. The van der Waals surface area contributed by atoms with Crippen molar-refractivity contribution >= 4 is 57.0 Å². The highest BCUT2D eigenvalue weighted by atomic mass is 32.2. The third-order valence-electron chi connectivity index (χ3n) is 5.56. The number of thiazole rings is 1. The minimum atomic E-state index is -0.653. The van der Waals surface area contributed by atoms with Gasteiger partial charge >= 0.3 is 6.03 Å². The topological polar surface area (TPSA) is 110 Å². The Hall–Kier alpha value is -3.05. The maximum absolute atomic E-state index is 13.0. The Morgan fingerprint density at radius 1 is 1.18 bits per heavy atom. The average Bonchev–Trinajstić information content (AvgIpc) is 3.51. The van der Waals surface area contributed by atoms with Crippen LogP contribution in [0.5, 0.6) is 0 Å². The summed E-state index contributed by atoms with van der Waals surface area (Å²) in [4.78, 5) is 49.2. The third-order valence-corrected chi connectivity index (χ3v) is 6.89. The molecule has 4 amide bonds. The Kier molecular flexibility index (Phi) is 7.50. The molecule has 0 aliphatic carbocycles. The molecule has 0 unspecified atom stereocenters. The van der Waals surface area contributed by atoms with Gasteiger partial charge in [0, 0.05) is 54.9 Å². The van der Waals surface area contributed by atoms with E-state index < -0.39 is 6.04 Å². The molecule has 1 fully saturated rings. The number of benzene rings is 1. The summed E-state index contributed by atoms with van der Waals surface area (Å²) in [5, 5.41) is 8.80. The summed E-state index contributed by atoms with van der Waals surface area (Å²) < 4.78 is 0. The largest absolute Gasteiger partial charge is 0.360 e. The monoisotopic (exact) mass is 486 g/mol. The molecule has 174 valence electrons. The van der Waals surface area contributed by atoms with Gasteiger partial charge in [0.05, 0.1) is 5.56 Å². The Balaban J connectivity index is 1.33. The van der Waals surface area contributed by atoms with Gasteiger partial charge in [-0.2, -0.15) is 11.8 Å². The van der Waals surface area contributed by atoms with Gasteiger partial charge in [0.1, 0.15) is 6.04 Å². The van der Waals surface area contributed by atoms with Crippen molar-refractivity contribution in [1.29, 1.82) is 0 Å². The maximum atomic E-state index is 13.0. The van der Waals surface area contributed by atoms with E-state index in [-0.39, 0.29) is 17.8 Å². The molecule has 1 aromatic carbocycles. The number of aromatic amines is 1. The molecule has 4 rings (SSSR count). The zero-order valence-corrected chi connectivity index (χ0v) is 19.9. The first-order valence-corrected chi connectivity index (χ1v) is 12.9. The first-order chi connectivity index (χ1) is 16.1. The standard InChI is InChI=1S/C22H26N6O3S2/c1-32-12-6-18(19(29)26-21-23-7-13-33-21)25-22(31)28-10-8-27(9-11-28)20(30)16-14-24-17-5-3-2-4-15(16)17/h2-5,7,13-14,18,24H,6,8-12H2,1H3,(H,25,31)(H,23,26,29)/t18-/m0/s1. The van der Waals surface area contributed by atoms with Crippen LogP contribution in [0, 0.1) is 0 Å². The van der Waals surface area contributed by atoms with E-state index in [1.807, 2.05) is 30.5 Å². The van der Waals surface area contributed by atoms with Gasteiger partial charge < -0.3 is 25.4 Å². The normalized spacial score (nSPS) is 14.8. The van der Waals surface area contributed by atoms with Crippen molar-refractivity contribution in [2.24, 2.45) is 0 Å². The molecule has 0 bridgehead atoms. The van der Waals surface area contributed by atoms with Gasteiger partial charge in [-0.3, -0.25) is 9.59 Å². The van der Waals surface area contributed by atoms with Crippen LogP contribution in [-0.4, -0.2) is 81.8 Å². The lowest BCUT2D eigenvalue weighted by Gasteiger charge is -2.35. The Labute approximate surface area is 199 Å². The van der Waals surface area contributed by atoms with E-state index in [2.05, 4.69) is 20.6 Å². The van der Waals surface area contributed by atoms with Crippen molar-refractivity contribution in [3.63, 3.8) is 0 Å². The maximum Gasteiger partial charge on any atom is 0.318 e. The number of urea groups is 1. The fraction of sp³-hybridized carbons (Fsp3) is 0.364. The van der Waals surface area contributed by atoms with E-state index in [9.17, 15) is 14.4 Å². The first-order valence-electron chi connectivity index (χ1n) is 10.7. The van der Waals surface area contributed by atoms with Crippen molar-refractivity contribution in [2.75, 3.05) is 43.5 Å². The fourth-order valence-corrected chi connectivity index (χ4v) is 4.76. The molecule has 3 heterocycles. The molecule has 0 spiro atoms. The van der Waals surface area contributed by atoms with Crippen molar-refractivity contribution in [2.45, 2.75) is 12.5 Å². The molecule has 1 aliphatic heterocycles. The number of hydrogen-bond donors (Lipinski definition) is 3. The molecule has 0 radical (unpaired) electrons. The van der Waals surface area contributed by atoms with Gasteiger partial charge in [-0.15, -0.1) is 11.3 Å². The van der Waals surface area contributed by atoms with Crippen molar-refractivity contribution in [1.82, 2.24) is 25.1 Å². The van der Waals surface area contributed by atoms with Crippen LogP contribution >= 0.6 is 23.1 Å². The Bertz CT molecular complexity index is 1110. The second kappa shape index (κ2) is 10.7. The van der Waals surface area contributed by atoms with Crippen molar-refractivity contribution in [3.05, 3.63) is 47.6 Å². The summed E-state index contributed by atoms with van der Waals surface area (Å²) in [6.07, 6.45) is 5.83. The van der Waals surface area contributed by atoms with Crippen LogP contribution in [0.15, 0.2) is 42.0 Å². The highest BCUT2D eigenvalue weighted by molar-refractivity contribution is 7.98. The van der Waals surface area contributed by atoms with E-state index >= 15 is 0 Å². The van der Waals surface area contributed by atoms with Gasteiger partial charge in [0.2, 0.25) is 5.91 Å². The molecule has 1 atom stereocenters. The van der Waals surface area contributed by atoms with Crippen LogP contribution < -0.4 is 10.6 Å². The number of thioether (sulfide) groups is 1. The number of amides is 4. The number of hydrogen-bond acceptors (Lipinski definition) is 6. The molecule has 3 N–H and O–H groups in total. The number of nitrogens with one attached hydrogen (secondary N) is 3. The molecule has 33 heavy (non-hydrogen) atoms. The highest BCUT2D eigenvalue weighted by Gasteiger charge is 2.29. The number of rotatable bonds is 7. The van der Waals surface area contributed by atoms with E-state index in [1.54, 1.807) is 39.3 Å². The lowest BCUT2D eigenvalue weighted by Crippen LogP contribution is -2.56. The number of para-hydroxylation sites is 1. The van der Waals surface area contributed by atoms with E-state index in [1.165, 1.54) is 11.3 Å². The van der Waals surface area contributed by atoms with E-state index in [4.69, 9.17) is 0 Å². The molecular formula is C22H26N6O3S2. The molecule has 1 aliphatic rings. The predicted octanol–water partition coefficient (Wildman–Crippen LogP) is 2.85. The Morgan fingerprint density at radius 2 is 1.94 bits per heavy atom. The van der Waals surface area contributed by atoms with Crippen molar-refractivity contribution < 1.29 is 14.4 Å². The second-order valence-corrected chi connectivity index (χ2v) is 9.52. The Morgan fingerprint density at radius 3 is 2.67 bits per heavy atom. The van der Waals surface area contributed by atoms with Crippen molar-refractivity contribution in [3.8, 4) is 0 Å². The van der Waals surface area contributed by atoms with Crippen LogP contribution in [0.1, 0.15) is 16.8 Å². The first kappa shape index (κ1) is 23.1. The van der Waals surface area contributed by atoms with Gasteiger partial charge in [-0.05, 0) is 24.5 Å². The summed E-state index contributed by atoms with van der Waals surface area (Å²) in [5.41, 5.74) is 1.56. The highest BCUT2D eigenvalue weighted by Crippen LogP contribution is 2.20. The minimum absolute atomic E-state index is 0.0480. The number of carbonyl (C=O) groups is 3. The van der Waals surface area contributed by atoms with Gasteiger partial charge in [-0.25, -0.2) is 9.78 Å². The van der Waals surface area contributed by atoms with Gasteiger partial charge in [0.25, 0.3) is 5.91 Å². The lowest BCUT2D eigenvalue weighted by atomic mass is 10.1. The van der Waals surface area contributed by atoms with E-state index in [0.29, 0.717) is 43.3 Å². The zero-order valence-electron chi connectivity index (χ0n) is 18.2. The number of nitrogens with zero attached hydrogens (tertiary/aromatic N) is 3. The molecule has 9 nitrogen and oxygen atoms in total. The number of H-pyrrole nitrogens is 1. The molecule has 3 aromatic rings. The molecule has 11 heteroatoms. The number of piperazine rings is 1. The van der Waals surface area contributed by atoms with Crippen LogP contribution in [-0.2, 0) is 4.79 Å². The zero-order chi connectivity index (χ0) is 23.2. The number of fused-ring (bicyclic) bond motifs is 1. The van der Waals surface area contributed by atoms with Crippen LogP contribution in [0.25, 0.3) is 10.9 Å². The van der Waals surface area contributed by atoms with E-state index in [0.717, 1.165) is 16.7 Å². The average molecular weight is 487 g/mol. The summed E-state index contributed by atoms with van der Waals surface area (Å²) in [5.74, 6) is 0.414. The molecular weight excluding hydrogens is 460 g/mol. The second-order valence-electron chi connectivity index (χ2n) is 7.64. The quantitative estimate of drug-likeness (QED) is 0.476. The summed E-state index contributed by atoms with van der Waals surface area (Å²) >= 11 is 2.95. The predicted molar refractivity (Wildman–Crippen MR) is 132 cm³/mol. The summed E-state index contributed by atoms with van der Waals surface area (Å²) in [7, 11) is 0.